The third-order valence-electron chi connectivity index (χ3n) is 5.97. The highest BCUT2D eigenvalue weighted by atomic mass is 16.5. The van der Waals surface area contributed by atoms with Crippen LogP contribution < -0.4 is 14.4 Å². The Morgan fingerprint density at radius 3 is 2.67 bits per heavy atom. The molecule has 5 rings (SSSR count). The van der Waals surface area contributed by atoms with Crippen LogP contribution >= 0.6 is 0 Å². The number of rotatable bonds is 4. The van der Waals surface area contributed by atoms with Crippen LogP contribution in [0.1, 0.15) is 34.5 Å². The van der Waals surface area contributed by atoms with Crippen LogP contribution in [-0.2, 0) is 13.0 Å². The number of ether oxygens (including phenoxy) is 2. The van der Waals surface area contributed by atoms with Crippen molar-refractivity contribution in [3.8, 4) is 11.5 Å². The van der Waals surface area contributed by atoms with E-state index in [0.717, 1.165) is 35.8 Å². The molecular weight excluding hydrogens is 382 g/mol. The van der Waals surface area contributed by atoms with Gasteiger partial charge < -0.3 is 19.3 Å². The molecule has 0 aliphatic carbocycles. The molecule has 1 amide bonds. The van der Waals surface area contributed by atoms with Gasteiger partial charge in [-0.05, 0) is 31.0 Å². The molecule has 1 fully saturated rings. The molecule has 1 saturated heterocycles. The molecule has 4 heterocycles. The van der Waals surface area contributed by atoms with E-state index in [1.807, 2.05) is 21.7 Å². The van der Waals surface area contributed by atoms with Crippen LogP contribution in [0.3, 0.4) is 0 Å². The number of hydrogen-bond acceptors (Lipinski definition) is 6. The van der Waals surface area contributed by atoms with Gasteiger partial charge >= 0.3 is 0 Å². The lowest BCUT2D eigenvalue weighted by molar-refractivity contribution is 0.0731. The average Bonchev–Trinajstić information content (AvgIpc) is 3.45. The summed E-state index contributed by atoms with van der Waals surface area (Å²) in [6.07, 6.45) is 5.10. The summed E-state index contributed by atoms with van der Waals surface area (Å²) in [5, 5.41) is 4.70. The molecular formula is C22H25N5O3. The summed E-state index contributed by atoms with van der Waals surface area (Å²) in [6, 6.07) is 7.31. The van der Waals surface area contributed by atoms with Crippen LogP contribution in [-0.4, -0.2) is 59.3 Å². The highest BCUT2D eigenvalue weighted by molar-refractivity contribution is 5.97. The molecule has 2 aliphatic rings. The van der Waals surface area contributed by atoms with E-state index in [2.05, 4.69) is 4.90 Å². The fourth-order valence-electron chi connectivity index (χ4n) is 4.33. The largest absolute Gasteiger partial charge is 0.497 e. The molecule has 0 N–H and O–H groups in total. The van der Waals surface area contributed by atoms with E-state index in [4.69, 9.17) is 19.6 Å². The summed E-state index contributed by atoms with van der Waals surface area (Å²) in [5.41, 5.74) is 3.42. The van der Waals surface area contributed by atoms with Gasteiger partial charge in [-0.25, -0.2) is 9.50 Å². The van der Waals surface area contributed by atoms with Gasteiger partial charge in [0, 0.05) is 43.9 Å². The van der Waals surface area contributed by atoms with Crippen molar-refractivity contribution in [2.75, 3.05) is 38.8 Å². The zero-order valence-electron chi connectivity index (χ0n) is 17.3. The molecule has 2 aromatic heterocycles. The standard InChI is InChI=1S/C22H25N5O3/c1-29-15-5-6-16(19(13-15)30-2)22(28)26-11-7-18-17(14-26)21-23-20(8-12-27(21)24-18)25-9-3-4-10-25/h5-6,8,12-13H,3-4,7,9-11,14H2,1-2H3. The molecule has 8 nitrogen and oxygen atoms in total. The van der Waals surface area contributed by atoms with E-state index >= 15 is 0 Å². The first-order chi connectivity index (χ1) is 14.7. The second kappa shape index (κ2) is 7.51. The summed E-state index contributed by atoms with van der Waals surface area (Å²) >= 11 is 0. The van der Waals surface area contributed by atoms with Gasteiger partial charge in [0.25, 0.3) is 5.91 Å². The highest BCUT2D eigenvalue weighted by Crippen LogP contribution is 2.29. The van der Waals surface area contributed by atoms with Gasteiger partial charge in [-0.1, -0.05) is 0 Å². The zero-order valence-corrected chi connectivity index (χ0v) is 17.3. The predicted molar refractivity (Wildman–Crippen MR) is 112 cm³/mol. The van der Waals surface area contributed by atoms with Gasteiger partial charge in [0.05, 0.1) is 32.0 Å². The number of benzene rings is 1. The van der Waals surface area contributed by atoms with E-state index in [-0.39, 0.29) is 5.91 Å². The van der Waals surface area contributed by atoms with Crippen molar-refractivity contribution in [3.05, 3.63) is 47.3 Å². The first-order valence-electron chi connectivity index (χ1n) is 10.3. The number of amides is 1. The van der Waals surface area contributed by atoms with E-state index < -0.39 is 0 Å². The molecule has 0 saturated carbocycles. The van der Waals surface area contributed by atoms with Crippen LogP contribution in [0.5, 0.6) is 11.5 Å². The van der Waals surface area contributed by atoms with Crippen molar-refractivity contribution in [2.45, 2.75) is 25.8 Å². The smallest absolute Gasteiger partial charge is 0.257 e. The van der Waals surface area contributed by atoms with Gasteiger partial charge in [0.15, 0.2) is 5.65 Å². The Morgan fingerprint density at radius 2 is 1.90 bits per heavy atom. The number of carbonyl (C=O) groups excluding carboxylic acids is 1. The number of nitrogens with zero attached hydrogens (tertiary/aromatic N) is 5. The molecule has 8 heteroatoms. The van der Waals surface area contributed by atoms with Crippen LogP contribution in [0.15, 0.2) is 30.5 Å². The van der Waals surface area contributed by atoms with Gasteiger partial charge in [-0.15, -0.1) is 0 Å². The first-order valence-corrected chi connectivity index (χ1v) is 10.3. The van der Waals surface area contributed by atoms with Gasteiger partial charge in [0.2, 0.25) is 0 Å². The Bertz CT molecular complexity index is 1100. The monoisotopic (exact) mass is 407 g/mol. The normalized spacial score (nSPS) is 16.1. The minimum atomic E-state index is -0.0600. The van der Waals surface area contributed by atoms with Crippen LogP contribution in [0.2, 0.25) is 0 Å². The molecule has 0 spiro atoms. The average molecular weight is 407 g/mol. The number of methoxy groups -OCH3 is 2. The molecule has 0 radical (unpaired) electrons. The van der Waals surface area contributed by atoms with E-state index in [1.165, 1.54) is 12.8 Å². The minimum absolute atomic E-state index is 0.0600. The van der Waals surface area contributed by atoms with Crippen LogP contribution in [0.4, 0.5) is 5.82 Å². The van der Waals surface area contributed by atoms with Crippen molar-refractivity contribution in [1.82, 2.24) is 19.5 Å². The Labute approximate surface area is 175 Å². The zero-order chi connectivity index (χ0) is 20.7. The molecule has 30 heavy (non-hydrogen) atoms. The topological polar surface area (TPSA) is 72.2 Å². The first kappa shape index (κ1) is 18.7. The molecule has 0 atom stereocenters. The van der Waals surface area contributed by atoms with Crippen molar-refractivity contribution in [3.63, 3.8) is 0 Å². The highest BCUT2D eigenvalue weighted by Gasteiger charge is 2.28. The number of carbonyl (C=O) groups is 1. The lowest BCUT2D eigenvalue weighted by atomic mass is 10.1. The van der Waals surface area contributed by atoms with Crippen molar-refractivity contribution in [1.29, 1.82) is 0 Å². The summed E-state index contributed by atoms with van der Waals surface area (Å²) < 4.78 is 12.5. The summed E-state index contributed by atoms with van der Waals surface area (Å²) in [7, 11) is 3.16. The van der Waals surface area contributed by atoms with Gasteiger partial charge in [0.1, 0.15) is 17.3 Å². The maximum atomic E-state index is 13.3. The van der Waals surface area contributed by atoms with E-state index in [0.29, 0.717) is 36.6 Å². The van der Waals surface area contributed by atoms with Crippen molar-refractivity contribution in [2.24, 2.45) is 0 Å². The Morgan fingerprint density at radius 1 is 1.07 bits per heavy atom. The molecule has 1 aromatic carbocycles. The maximum absolute atomic E-state index is 13.3. The van der Waals surface area contributed by atoms with Gasteiger partial charge in [-0.2, -0.15) is 5.10 Å². The summed E-state index contributed by atoms with van der Waals surface area (Å²) in [5.74, 6) is 2.10. The third kappa shape index (κ3) is 3.12. The lowest BCUT2D eigenvalue weighted by Gasteiger charge is -2.27. The van der Waals surface area contributed by atoms with Crippen molar-refractivity contribution >= 4 is 17.4 Å². The van der Waals surface area contributed by atoms with Crippen molar-refractivity contribution < 1.29 is 14.3 Å². The molecule has 156 valence electrons. The summed E-state index contributed by atoms with van der Waals surface area (Å²) in [4.78, 5) is 22.3. The van der Waals surface area contributed by atoms with E-state index in [9.17, 15) is 4.79 Å². The lowest BCUT2D eigenvalue weighted by Crippen LogP contribution is -2.36. The number of fused-ring (bicyclic) bond motifs is 3. The van der Waals surface area contributed by atoms with Gasteiger partial charge in [-0.3, -0.25) is 4.79 Å². The van der Waals surface area contributed by atoms with Crippen LogP contribution in [0, 0.1) is 0 Å². The van der Waals surface area contributed by atoms with E-state index in [1.54, 1.807) is 32.4 Å². The van der Waals surface area contributed by atoms with Crippen LogP contribution in [0.25, 0.3) is 5.65 Å². The second-order valence-corrected chi connectivity index (χ2v) is 7.72. The minimum Gasteiger partial charge on any atom is -0.497 e. The summed E-state index contributed by atoms with van der Waals surface area (Å²) in [6.45, 7) is 3.19. The molecule has 2 aliphatic heterocycles. The Kier molecular flexibility index (Phi) is 4.69. The maximum Gasteiger partial charge on any atom is 0.257 e. The molecule has 3 aromatic rings. The quantitative estimate of drug-likeness (QED) is 0.662. The molecule has 0 unspecified atom stereocenters. The predicted octanol–water partition coefficient (Wildman–Crippen LogP) is 2.55. The molecule has 0 bridgehead atoms. The second-order valence-electron chi connectivity index (χ2n) is 7.72. The third-order valence-corrected chi connectivity index (χ3v) is 5.97. The number of anilines is 1. The fraction of sp³-hybridized carbons (Fsp3) is 0.409. The SMILES string of the molecule is COc1ccc(C(=O)N2CCc3nn4ccc(N5CCCC5)nc4c3C2)c(OC)c1. The number of hydrogen-bond donors (Lipinski definition) is 0. The number of aromatic nitrogens is 3. The Hall–Kier alpha value is -3.29. The fourth-order valence-corrected chi connectivity index (χ4v) is 4.33. The Balaban J connectivity index is 1.46.